The van der Waals surface area contributed by atoms with Gasteiger partial charge in [-0.1, -0.05) is 126 Å². The minimum Gasteiger partial charge on any atom is -0.494 e. The van der Waals surface area contributed by atoms with Gasteiger partial charge in [-0.15, -0.1) is 0 Å². The van der Waals surface area contributed by atoms with Gasteiger partial charge in [0.15, 0.2) is 0 Å². The molecule has 7 rings (SSSR count). The number of fused-ring (bicyclic) bond motifs is 2. The molecule has 0 radical (unpaired) electrons. The summed E-state index contributed by atoms with van der Waals surface area (Å²) in [5, 5.41) is 9.60. The van der Waals surface area contributed by atoms with Crippen LogP contribution in [0.4, 0.5) is 0 Å². The molecule has 0 saturated heterocycles. The molecule has 270 valence electrons. The van der Waals surface area contributed by atoms with E-state index in [0.29, 0.717) is 0 Å². The van der Waals surface area contributed by atoms with Gasteiger partial charge in [0.05, 0.1) is 42.2 Å². The van der Waals surface area contributed by atoms with Crippen LogP contribution in [0.15, 0.2) is 109 Å². The maximum Gasteiger partial charge on any atom is 0.119 e. The van der Waals surface area contributed by atoms with Crippen LogP contribution in [0.1, 0.15) is 72.1 Å². The van der Waals surface area contributed by atoms with Gasteiger partial charge in [0, 0.05) is 11.1 Å². The number of ether oxygens (including phenoxy) is 2. The van der Waals surface area contributed by atoms with Crippen molar-refractivity contribution in [2.24, 2.45) is 0 Å². The number of hydrogen-bond donors (Lipinski definition) is 0. The van der Waals surface area contributed by atoms with Crippen molar-refractivity contribution in [1.29, 1.82) is 0 Å². The first kappa shape index (κ1) is 35.8. The number of aryl methyl sites for hydroxylation is 1. The van der Waals surface area contributed by atoms with Crippen LogP contribution >= 0.6 is 0 Å². The Balaban J connectivity index is 1.21. The molecule has 0 atom stereocenters. The van der Waals surface area contributed by atoms with Crippen molar-refractivity contribution < 1.29 is 9.47 Å². The van der Waals surface area contributed by atoms with Gasteiger partial charge in [-0.05, 0) is 77.9 Å². The highest BCUT2D eigenvalue weighted by molar-refractivity contribution is 5.94. The third kappa shape index (κ3) is 8.74. The first-order chi connectivity index (χ1) is 26.1. The van der Waals surface area contributed by atoms with E-state index in [4.69, 9.17) is 29.6 Å². The fraction of sp³-hybridized carbons (Fsp3) is 0.304. The van der Waals surface area contributed by atoms with Crippen LogP contribution in [0.3, 0.4) is 0 Å². The van der Waals surface area contributed by atoms with Crippen LogP contribution in [-0.4, -0.2) is 38.2 Å². The van der Waals surface area contributed by atoms with Gasteiger partial charge in [-0.3, -0.25) is 0 Å². The predicted octanol–water partition coefficient (Wildman–Crippen LogP) is 12.0. The Hall–Kier alpha value is -5.56. The summed E-state index contributed by atoms with van der Waals surface area (Å²) < 4.78 is 11.8. The summed E-state index contributed by atoms with van der Waals surface area (Å²) in [5.41, 5.74) is 11.5. The Morgan fingerprint density at radius 2 is 0.792 bits per heavy atom. The van der Waals surface area contributed by atoms with Crippen LogP contribution in [0, 0.1) is 0 Å². The fourth-order valence-corrected chi connectivity index (χ4v) is 6.49. The second kappa shape index (κ2) is 17.3. The zero-order valence-corrected chi connectivity index (χ0v) is 31.2. The number of nitrogens with zero attached hydrogens (tertiary/aromatic N) is 5. The molecule has 0 saturated carbocycles. The molecule has 0 aliphatic rings. The van der Waals surface area contributed by atoms with Gasteiger partial charge in [0.2, 0.25) is 0 Å². The molecule has 0 fully saturated rings. The molecule has 0 unspecified atom stereocenters. The second-order valence-electron chi connectivity index (χ2n) is 13.7. The highest BCUT2D eigenvalue weighted by Gasteiger charge is 2.16. The molecule has 5 aromatic carbocycles. The maximum absolute atomic E-state index is 5.88. The predicted molar refractivity (Wildman–Crippen MR) is 217 cm³/mol. The van der Waals surface area contributed by atoms with Gasteiger partial charge in [-0.2, -0.15) is 15.0 Å². The van der Waals surface area contributed by atoms with E-state index >= 15 is 0 Å². The molecular weight excluding hydrogens is 655 g/mol. The topological polar surface area (TPSA) is 75.0 Å². The Morgan fingerprint density at radius 3 is 1.19 bits per heavy atom. The van der Waals surface area contributed by atoms with E-state index in [1.807, 2.05) is 41.2 Å². The van der Waals surface area contributed by atoms with Crippen molar-refractivity contribution in [3.05, 3.63) is 109 Å². The molecule has 0 spiro atoms. The van der Waals surface area contributed by atoms with Gasteiger partial charge in [0.25, 0.3) is 0 Å². The average molecular weight is 704 g/mol. The number of rotatable bonds is 17. The van der Waals surface area contributed by atoms with Crippen LogP contribution in [0.25, 0.3) is 66.8 Å². The molecule has 0 aliphatic carbocycles. The molecule has 7 nitrogen and oxygen atoms in total. The van der Waals surface area contributed by atoms with Crippen LogP contribution in [0.2, 0.25) is 0 Å². The monoisotopic (exact) mass is 703 g/mol. The summed E-state index contributed by atoms with van der Waals surface area (Å²) in [6.45, 7) is 8.87. The molecule has 2 heterocycles. The van der Waals surface area contributed by atoms with Crippen molar-refractivity contribution in [2.45, 2.75) is 78.7 Å². The highest BCUT2D eigenvalue weighted by Crippen LogP contribution is 2.35. The smallest absolute Gasteiger partial charge is 0.119 e. The lowest BCUT2D eigenvalue weighted by molar-refractivity contribution is 0.309. The van der Waals surface area contributed by atoms with Gasteiger partial charge < -0.3 is 9.47 Å². The quantitative estimate of drug-likeness (QED) is 0.0879. The number of hydrogen-bond acceptors (Lipinski definition) is 6. The van der Waals surface area contributed by atoms with E-state index in [1.165, 1.54) is 19.3 Å². The summed E-state index contributed by atoms with van der Waals surface area (Å²) >= 11 is 0. The van der Waals surface area contributed by atoms with E-state index in [1.54, 1.807) is 0 Å². The first-order valence-corrected chi connectivity index (χ1v) is 19.4. The molecule has 0 amide bonds. The van der Waals surface area contributed by atoms with Crippen molar-refractivity contribution in [1.82, 2.24) is 25.0 Å². The molecule has 0 N–H and O–H groups in total. The van der Waals surface area contributed by atoms with E-state index in [-0.39, 0.29) is 0 Å². The molecule has 0 aliphatic heterocycles. The lowest BCUT2D eigenvalue weighted by Crippen LogP contribution is -2.01. The minimum atomic E-state index is 0.743. The number of benzene rings is 5. The van der Waals surface area contributed by atoms with Crippen LogP contribution in [0.5, 0.6) is 11.5 Å². The molecule has 0 bridgehead atoms. The van der Waals surface area contributed by atoms with Crippen LogP contribution in [-0.2, 0) is 6.54 Å². The molecular formula is C46H49N5O2. The van der Waals surface area contributed by atoms with E-state index in [9.17, 15) is 0 Å². The lowest BCUT2D eigenvalue weighted by Gasteiger charge is -2.12. The Kier molecular flexibility index (Phi) is 11.7. The van der Waals surface area contributed by atoms with Crippen molar-refractivity contribution in [3.63, 3.8) is 0 Å². The summed E-state index contributed by atoms with van der Waals surface area (Å²) in [4.78, 5) is 12.4. The van der Waals surface area contributed by atoms with Gasteiger partial charge in [-0.25, -0.2) is 9.97 Å². The SMILES string of the molecule is CCCCCCn1nc2cc3nc(-c4ccc(-c5ccc(OCCCC)cc5)cc4)c(-c4ccc(-c5ccc(OCCCC)cc5)cc4)nc3cc2n1. The zero-order valence-electron chi connectivity index (χ0n) is 31.2. The van der Waals surface area contributed by atoms with E-state index in [2.05, 4.69) is 93.6 Å². The third-order valence-corrected chi connectivity index (χ3v) is 9.64. The van der Waals surface area contributed by atoms with E-state index < -0.39 is 0 Å². The van der Waals surface area contributed by atoms with E-state index in [0.717, 1.165) is 130 Å². The Labute approximate surface area is 313 Å². The van der Waals surface area contributed by atoms with Gasteiger partial charge in [0.1, 0.15) is 22.5 Å². The summed E-state index contributed by atoms with van der Waals surface area (Å²) in [7, 11) is 0. The van der Waals surface area contributed by atoms with Crippen molar-refractivity contribution in [3.8, 4) is 56.3 Å². The Morgan fingerprint density at radius 1 is 0.415 bits per heavy atom. The number of unbranched alkanes of at least 4 members (excludes halogenated alkanes) is 5. The van der Waals surface area contributed by atoms with Crippen molar-refractivity contribution in [2.75, 3.05) is 13.2 Å². The molecule has 7 aromatic rings. The number of aromatic nitrogens is 5. The van der Waals surface area contributed by atoms with Crippen LogP contribution < -0.4 is 9.47 Å². The minimum absolute atomic E-state index is 0.743. The fourth-order valence-electron chi connectivity index (χ4n) is 6.49. The largest absolute Gasteiger partial charge is 0.494 e. The first-order valence-electron chi connectivity index (χ1n) is 19.4. The summed E-state index contributed by atoms with van der Waals surface area (Å²) in [5.74, 6) is 1.81. The standard InChI is InChI=1S/C46H49N5O2/c1-4-7-10-11-28-51-49-43-31-41-42(32-44(43)50-51)48-46(38-18-14-34(15-19-38)36-22-26-40(27-23-36)53-30-9-6-3)45(47-41)37-16-12-33(13-17-37)35-20-24-39(25-21-35)52-29-8-5-2/h12-27,31-32H,4-11,28-30H2,1-3H3. The van der Waals surface area contributed by atoms with Crippen molar-refractivity contribution >= 4 is 22.1 Å². The lowest BCUT2D eigenvalue weighted by atomic mass is 9.98. The average Bonchev–Trinajstić information content (AvgIpc) is 3.60. The normalized spacial score (nSPS) is 11.4. The zero-order chi connectivity index (χ0) is 36.4. The summed E-state index contributed by atoms with van der Waals surface area (Å²) in [6, 6.07) is 37.9. The molecule has 7 heteroatoms. The molecule has 53 heavy (non-hydrogen) atoms. The Bertz CT molecular complexity index is 2070. The molecule has 2 aromatic heterocycles. The summed E-state index contributed by atoms with van der Waals surface area (Å²) in [6.07, 6.45) is 9.03. The second-order valence-corrected chi connectivity index (χ2v) is 13.7. The van der Waals surface area contributed by atoms with Gasteiger partial charge >= 0.3 is 0 Å². The third-order valence-electron chi connectivity index (χ3n) is 9.64. The highest BCUT2D eigenvalue weighted by atomic mass is 16.5. The maximum atomic E-state index is 5.88.